The van der Waals surface area contributed by atoms with Crippen molar-refractivity contribution in [1.82, 2.24) is 20.2 Å². The average Bonchev–Trinajstić information content (AvgIpc) is 3.34. The van der Waals surface area contributed by atoms with Crippen LogP contribution in [0.5, 0.6) is 0 Å². The summed E-state index contributed by atoms with van der Waals surface area (Å²) in [6.07, 6.45) is 0. The Morgan fingerprint density at radius 3 is 1.79 bits per heavy atom. The molecule has 0 bridgehead atoms. The molecular formula is C35H44N4. The van der Waals surface area contributed by atoms with E-state index in [1.807, 2.05) is 0 Å². The lowest BCUT2D eigenvalue weighted by Gasteiger charge is -2.53. The second kappa shape index (κ2) is 11.1. The number of benzene rings is 3. The number of nitrogens with one attached hydrogen (secondary N) is 2. The molecule has 1 saturated heterocycles. The van der Waals surface area contributed by atoms with Crippen LogP contribution in [-0.2, 0) is 11.0 Å². The molecule has 0 aliphatic carbocycles. The van der Waals surface area contributed by atoms with Gasteiger partial charge in [-0.15, -0.1) is 0 Å². The molecule has 1 atom stereocenters. The number of hydrogen-bond acceptors (Lipinski definition) is 3. The van der Waals surface area contributed by atoms with E-state index in [1.165, 1.54) is 16.7 Å². The van der Waals surface area contributed by atoms with Crippen molar-refractivity contribution in [2.75, 3.05) is 26.2 Å². The normalized spacial score (nSPS) is 16.5. The monoisotopic (exact) mass is 520 g/mol. The third kappa shape index (κ3) is 5.20. The highest BCUT2D eigenvalue weighted by molar-refractivity contribution is 5.58. The highest BCUT2D eigenvalue weighted by atomic mass is 15.3. The van der Waals surface area contributed by atoms with Crippen LogP contribution in [0, 0.1) is 12.8 Å². The van der Waals surface area contributed by atoms with Crippen LogP contribution < -0.4 is 5.32 Å². The summed E-state index contributed by atoms with van der Waals surface area (Å²) >= 11 is 0. The van der Waals surface area contributed by atoms with Gasteiger partial charge in [0.25, 0.3) is 0 Å². The van der Waals surface area contributed by atoms with Gasteiger partial charge in [-0.25, -0.2) is 4.98 Å². The van der Waals surface area contributed by atoms with E-state index in [1.54, 1.807) is 0 Å². The van der Waals surface area contributed by atoms with Gasteiger partial charge in [-0.2, -0.15) is 0 Å². The number of imidazole rings is 1. The van der Waals surface area contributed by atoms with Crippen molar-refractivity contribution in [2.24, 2.45) is 5.92 Å². The van der Waals surface area contributed by atoms with Crippen molar-refractivity contribution in [3.63, 3.8) is 0 Å². The first kappa shape index (κ1) is 27.4. The molecule has 1 fully saturated rings. The molecule has 39 heavy (non-hydrogen) atoms. The molecule has 5 rings (SSSR count). The summed E-state index contributed by atoms with van der Waals surface area (Å²) in [7, 11) is 0. The number of rotatable bonds is 7. The number of aryl methyl sites for hydroxylation is 1. The largest absolute Gasteiger partial charge is 0.342 e. The lowest BCUT2D eigenvalue weighted by atomic mass is 9.65. The number of H-pyrrole nitrogens is 1. The molecule has 1 aromatic heterocycles. The molecule has 0 spiro atoms. The summed E-state index contributed by atoms with van der Waals surface area (Å²) in [6, 6.07) is 31.0. The SMILES string of the molecule is Cc1[nH]c(-c2ccc(C(C)(C)C)cc2)nc1C(C(C)C)(C(c1ccccc1)c1ccccc1)N1CCNCC1. The Kier molecular flexibility index (Phi) is 7.80. The Hall–Kier alpha value is -3.21. The predicted molar refractivity (Wildman–Crippen MR) is 163 cm³/mol. The fraction of sp³-hybridized carbons (Fsp3) is 0.400. The van der Waals surface area contributed by atoms with Crippen LogP contribution in [0.1, 0.15) is 68.6 Å². The molecule has 1 aliphatic heterocycles. The molecule has 3 aromatic carbocycles. The molecule has 2 heterocycles. The zero-order valence-corrected chi connectivity index (χ0v) is 24.5. The van der Waals surface area contributed by atoms with Gasteiger partial charge >= 0.3 is 0 Å². The van der Waals surface area contributed by atoms with E-state index in [2.05, 4.69) is 142 Å². The standard InChI is InChI=1S/C35H44N4/c1-25(2)35(39-23-21-36-22-24-39,31(27-13-9-7-10-14-27)28-15-11-8-12-16-28)32-26(3)37-33(38-32)29-17-19-30(20-18-29)34(4,5)6/h7-20,25,31,36H,21-24H2,1-6H3,(H,37,38). The van der Waals surface area contributed by atoms with Crippen LogP contribution in [-0.4, -0.2) is 41.0 Å². The number of piperazine rings is 1. The first-order valence-corrected chi connectivity index (χ1v) is 14.5. The molecule has 1 aliphatic rings. The third-order valence-corrected chi connectivity index (χ3v) is 8.51. The molecule has 4 aromatic rings. The van der Waals surface area contributed by atoms with E-state index in [-0.39, 0.29) is 16.9 Å². The zero-order valence-electron chi connectivity index (χ0n) is 24.5. The van der Waals surface area contributed by atoms with Gasteiger partial charge in [-0.05, 0) is 34.9 Å². The van der Waals surface area contributed by atoms with E-state index < -0.39 is 0 Å². The van der Waals surface area contributed by atoms with E-state index in [9.17, 15) is 0 Å². The summed E-state index contributed by atoms with van der Waals surface area (Å²) in [5, 5.41) is 3.59. The van der Waals surface area contributed by atoms with Crippen molar-refractivity contribution < 1.29 is 0 Å². The smallest absolute Gasteiger partial charge is 0.137 e. The lowest BCUT2D eigenvalue weighted by molar-refractivity contribution is 0.0108. The van der Waals surface area contributed by atoms with Gasteiger partial charge in [-0.1, -0.05) is 120 Å². The molecule has 4 heteroatoms. The first-order valence-electron chi connectivity index (χ1n) is 14.5. The maximum atomic E-state index is 5.50. The predicted octanol–water partition coefficient (Wildman–Crippen LogP) is 7.27. The highest BCUT2D eigenvalue weighted by Gasteiger charge is 2.51. The molecule has 204 valence electrons. The lowest BCUT2D eigenvalue weighted by Crippen LogP contribution is -2.60. The highest BCUT2D eigenvalue weighted by Crippen LogP contribution is 2.51. The second-order valence-electron chi connectivity index (χ2n) is 12.4. The van der Waals surface area contributed by atoms with E-state index >= 15 is 0 Å². The van der Waals surface area contributed by atoms with E-state index in [0.29, 0.717) is 5.92 Å². The molecule has 0 radical (unpaired) electrons. The Morgan fingerprint density at radius 1 is 0.769 bits per heavy atom. The van der Waals surface area contributed by atoms with Crippen LogP contribution in [0.15, 0.2) is 84.9 Å². The Balaban J connectivity index is 1.74. The fourth-order valence-electron chi connectivity index (χ4n) is 6.58. The maximum absolute atomic E-state index is 5.50. The van der Waals surface area contributed by atoms with Crippen molar-refractivity contribution >= 4 is 0 Å². The number of aromatic nitrogens is 2. The summed E-state index contributed by atoms with van der Waals surface area (Å²) in [5.41, 5.74) is 7.21. The van der Waals surface area contributed by atoms with Crippen LogP contribution in [0.3, 0.4) is 0 Å². The Morgan fingerprint density at radius 2 is 1.31 bits per heavy atom. The van der Waals surface area contributed by atoms with Crippen molar-refractivity contribution in [3.8, 4) is 11.4 Å². The van der Waals surface area contributed by atoms with Gasteiger partial charge in [0, 0.05) is 43.4 Å². The summed E-state index contributed by atoms with van der Waals surface area (Å²) in [6.45, 7) is 17.7. The van der Waals surface area contributed by atoms with Crippen LogP contribution in [0.4, 0.5) is 0 Å². The van der Waals surface area contributed by atoms with Gasteiger partial charge in [0.2, 0.25) is 0 Å². The maximum Gasteiger partial charge on any atom is 0.137 e. The van der Waals surface area contributed by atoms with Gasteiger partial charge in [0.1, 0.15) is 5.82 Å². The Labute approximate surface area is 234 Å². The molecular weight excluding hydrogens is 476 g/mol. The minimum atomic E-state index is -0.338. The van der Waals surface area contributed by atoms with Gasteiger partial charge in [0.05, 0.1) is 11.2 Å². The van der Waals surface area contributed by atoms with Crippen LogP contribution in [0.2, 0.25) is 0 Å². The number of aromatic amines is 1. The third-order valence-electron chi connectivity index (χ3n) is 8.51. The number of hydrogen-bond donors (Lipinski definition) is 2. The zero-order chi connectivity index (χ0) is 27.6. The van der Waals surface area contributed by atoms with Crippen LogP contribution >= 0.6 is 0 Å². The van der Waals surface area contributed by atoms with Crippen LogP contribution in [0.25, 0.3) is 11.4 Å². The molecule has 1 unspecified atom stereocenters. The second-order valence-corrected chi connectivity index (χ2v) is 12.4. The van der Waals surface area contributed by atoms with E-state index in [0.717, 1.165) is 49.0 Å². The average molecular weight is 521 g/mol. The fourth-order valence-corrected chi connectivity index (χ4v) is 6.58. The summed E-state index contributed by atoms with van der Waals surface area (Å²) in [4.78, 5) is 11.9. The van der Waals surface area contributed by atoms with Crippen molar-refractivity contribution in [2.45, 2.75) is 58.4 Å². The van der Waals surface area contributed by atoms with Gasteiger partial charge < -0.3 is 10.3 Å². The summed E-state index contributed by atoms with van der Waals surface area (Å²) in [5.74, 6) is 1.37. The van der Waals surface area contributed by atoms with Gasteiger partial charge in [0.15, 0.2) is 0 Å². The van der Waals surface area contributed by atoms with E-state index in [4.69, 9.17) is 4.98 Å². The topological polar surface area (TPSA) is 44.0 Å². The van der Waals surface area contributed by atoms with Gasteiger partial charge in [-0.3, -0.25) is 4.90 Å². The molecule has 0 saturated carbocycles. The summed E-state index contributed by atoms with van der Waals surface area (Å²) < 4.78 is 0. The van der Waals surface area contributed by atoms with Crippen molar-refractivity contribution in [1.29, 1.82) is 0 Å². The Bertz CT molecular complexity index is 1300. The minimum absolute atomic E-state index is 0.121. The quantitative estimate of drug-likeness (QED) is 0.269. The van der Waals surface area contributed by atoms with Crippen molar-refractivity contribution in [3.05, 3.63) is 113 Å². The first-order chi connectivity index (χ1) is 18.7. The number of nitrogens with zero attached hydrogens (tertiary/aromatic N) is 2. The molecule has 2 N–H and O–H groups in total. The molecule has 0 amide bonds. The molecule has 4 nitrogen and oxygen atoms in total. The minimum Gasteiger partial charge on any atom is -0.342 e.